The molecule has 0 atom stereocenters. The summed E-state index contributed by atoms with van der Waals surface area (Å²) in [6, 6.07) is 0. The summed E-state index contributed by atoms with van der Waals surface area (Å²) in [4.78, 5) is 0. The van der Waals surface area contributed by atoms with Crippen molar-refractivity contribution < 1.29 is 0 Å². The van der Waals surface area contributed by atoms with Crippen LogP contribution in [-0.2, 0) is 19.5 Å². The Bertz CT molecular complexity index is 304. The Morgan fingerprint density at radius 1 is 1.31 bits per heavy atom. The summed E-state index contributed by atoms with van der Waals surface area (Å²) in [5.74, 6) is 0.619. The molecule has 0 amide bonds. The molecule has 0 fully saturated rings. The summed E-state index contributed by atoms with van der Waals surface area (Å²) in [5, 5.41) is 8.35. The van der Waals surface area contributed by atoms with E-state index in [4.69, 9.17) is 5.73 Å². The van der Waals surface area contributed by atoms with Gasteiger partial charge in [-0.3, -0.25) is 0 Å². The molecule has 92 valence electrons. The number of unbranched alkanes of at least 4 members (excludes halogenated alkanes) is 2. The van der Waals surface area contributed by atoms with Crippen LogP contribution in [-0.4, -0.2) is 15.0 Å². The molecule has 2 N–H and O–H groups in total. The molecule has 4 nitrogen and oxygen atoms in total. The molecule has 0 saturated heterocycles. The van der Waals surface area contributed by atoms with Crippen LogP contribution in [0.2, 0.25) is 0 Å². The molecule has 0 aliphatic rings. The summed E-state index contributed by atoms with van der Waals surface area (Å²) >= 11 is 0. The zero-order valence-corrected chi connectivity index (χ0v) is 10.7. The van der Waals surface area contributed by atoms with Gasteiger partial charge in [-0.15, -0.1) is 5.10 Å². The second-order valence-electron chi connectivity index (χ2n) is 4.72. The minimum Gasteiger partial charge on any atom is -0.325 e. The molecular weight excluding hydrogens is 200 g/mol. The molecule has 0 spiro atoms. The van der Waals surface area contributed by atoms with Crippen molar-refractivity contribution in [3.63, 3.8) is 0 Å². The first-order chi connectivity index (χ1) is 7.69. The van der Waals surface area contributed by atoms with E-state index in [2.05, 4.69) is 31.1 Å². The molecule has 4 heteroatoms. The van der Waals surface area contributed by atoms with Crippen LogP contribution in [0.1, 0.15) is 51.4 Å². The summed E-state index contributed by atoms with van der Waals surface area (Å²) in [7, 11) is 0. The number of rotatable bonds is 7. The Hall–Kier alpha value is -0.900. The van der Waals surface area contributed by atoms with Gasteiger partial charge in [0.2, 0.25) is 0 Å². The highest BCUT2D eigenvalue weighted by molar-refractivity contribution is 5.10. The number of aromatic nitrogens is 3. The molecule has 0 aromatic carbocycles. The lowest BCUT2D eigenvalue weighted by molar-refractivity contribution is 0.501. The van der Waals surface area contributed by atoms with Gasteiger partial charge in [0.25, 0.3) is 0 Å². The van der Waals surface area contributed by atoms with E-state index < -0.39 is 0 Å². The topological polar surface area (TPSA) is 56.7 Å². The third kappa shape index (κ3) is 3.59. The van der Waals surface area contributed by atoms with Crippen LogP contribution in [0.3, 0.4) is 0 Å². The highest BCUT2D eigenvalue weighted by Gasteiger charge is 2.12. The van der Waals surface area contributed by atoms with Gasteiger partial charge in [0.05, 0.1) is 11.4 Å². The smallest absolute Gasteiger partial charge is 0.0994 e. The number of hydrogen-bond acceptors (Lipinski definition) is 3. The Labute approximate surface area is 98.2 Å². The summed E-state index contributed by atoms with van der Waals surface area (Å²) in [5.41, 5.74) is 7.87. The van der Waals surface area contributed by atoms with Gasteiger partial charge in [-0.05, 0) is 18.8 Å². The zero-order chi connectivity index (χ0) is 12.0. The van der Waals surface area contributed by atoms with Gasteiger partial charge in [0.15, 0.2) is 0 Å². The number of nitrogens with zero attached hydrogens (tertiary/aromatic N) is 3. The van der Waals surface area contributed by atoms with Crippen molar-refractivity contribution in [1.29, 1.82) is 0 Å². The van der Waals surface area contributed by atoms with Crippen LogP contribution in [0, 0.1) is 5.92 Å². The predicted octanol–water partition coefficient (Wildman–Crippen LogP) is 2.13. The first kappa shape index (κ1) is 13.2. The van der Waals surface area contributed by atoms with E-state index in [1.807, 2.05) is 4.68 Å². The highest BCUT2D eigenvalue weighted by Crippen LogP contribution is 2.12. The van der Waals surface area contributed by atoms with Gasteiger partial charge in [0.1, 0.15) is 0 Å². The fourth-order valence-corrected chi connectivity index (χ4v) is 1.83. The molecule has 0 aliphatic carbocycles. The van der Waals surface area contributed by atoms with E-state index in [0.717, 1.165) is 18.7 Å². The zero-order valence-electron chi connectivity index (χ0n) is 10.7. The Morgan fingerprint density at radius 2 is 2.06 bits per heavy atom. The lowest BCUT2D eigenvalue weighted by Gasteiger charge is -2.09. The van der Waals surface area contributed by atoms with Crippen LogP contribution in [0.4, 0.5) is 0 Å². The third-order valence-electron chi connectivity index (χ3n) is 2.69. The van der Waals surface area contributed by atoms with Crippen molar-refractivity contribution in [3.8, 4) is 0 Å². The molecule has 1 aromatic rings. The van der Waals surface area contributed by atoms with Crippen molar-refractivity contribution >= 4 is 0 Å². The largest absolute Gasteiger partial charge is 0.325 e. The van der Waals surface area contributed by atoms with Gasteiger partial charge >= 0.3 is 0 Å². The van der Waals surface area contributed by atoms with Crippen molar-refractivity contribution in [2.24, 2.45) is 11.7 Å². The highest BCUT2D eigenvalue weighted by atomic mass is 15.4. The van der Waals surface area contributed by atoms with E-state index in [9.17, 15) is 0 Å². The van der Waals surface area contributed by atoms with Gasteiger partial charge in [-0.2, -0.15) is 0 Å². The second kappa shape index (κ2) is 6.63. The molecule has 0 unspecified atom stereocenters. The fraction of sp³-hybridized carbons (Fsp3) is 0.833. The average Bonchev–Trinajstić information content (AvgIpc) is 2.61. The van der Waals surface area contributed by atoms with Crippen molar-refractivity contribution in [2.75, 3.05) is 0 Å². The molecule has 0 bridgehead atoms. The van der Waals surface area contributed by atoms with Gasteiger partial charge in [0, 0.05) is 13.1 Å². The maximum Gasteiger partial charge on any atom is 0.0994 e. The van der Waals surface area contributed by atoms with Crippen LogP contribution in [0.25, 0.3) is 0 Å². The number of hydrogen-bond donors (Lipinski definition) is 1. The van der Waals surface area contributed by atoms with E-state index in [-0.39, 0.29) is 0 Å². The fourth-order valence-electron chi connectivity index (χ4n) is 1.83. The summed E-state index contributed by atoms with van der Waals surface area (Å²) < 4.78 is 2.04. The molecule has 1 rings (SSSR count). The maximum atomic E-state index is 5.68. The van der Waals surface area contributed by atoms with Crippen LogP contribution in [0.5, 0.6) is 0 Å². The second-order valence-corrected chi connectivity index (χ2v) is 4.72. The maximum absolute atomic E-state index is 5.68. The summed E-state index contributed by atoms with van der Waals surface area (Å²) in [6.45, 7) is 8.10. The van der Waals surface area contributed by atoms with Crippen molar-refractivity contribution in [3.05, 3.63) is 11.4 Å². The van der Waals surface area contributed by atoms with Crippen LogP contribution >= 0.6 is 0 Å². The Kier molecular flexibility index (Phi) is 5.46. The predicted molar refractivity (Wildman–Crippen MR) is 66.0 cm³/mol. The molecule has 16 heavy (non-hydrogen) atoms. The standard InChI is InChI=1S/C12H24N4/c1-4-5-6-7-16-12(8-10(2)3)11(9-13)14-15-16/h10H,4-9,13H2,1-3H3. The molecular formula is C12H24N4. The van der Waals surface area contributed by atoms with Gasteiger partial charge < -0.3 is 5.73 Å². The molecule has 0 saturated carbocycles. The Morgan fingerprint density at radius 3 is 2.62 bits per heavy atom. The molecule has 0 radical (unpaired) electrons. The third-order valence-corrected chi connectivity index (χ3v) is 2.69. The van der Waals surface area contributed by atoms with Crippen LogP contribution < -0.4 is 5.73 Å². The monoisotopic (exact) mass is 224 g/mol. The van der Waals surface area contributed by atoms with Gasteiger partial charge in [-0.25, -0.2) is 4.68 Å². The minimum atomic E-state index is 0.496. The minimum absolute atomic E-state index is 0.496. The van der Waals surface area contributed by atoms with Crippen LogP contribution in [0.15, 0.2) is 0 Å². The Balaban J connectivity index is 2.70. The summed E-state index contributed by atoms with van der Waals surface area (Å²) in [6.07, 6.45) is 4.68. The normalized spacial score (nSPS) is 11.3. The average molecular weight is 224 g/mol. The van der Waals surface area contributed by atoms with Crippen molar-refractivity contribution in [2.45, 2.75) is 59.5 Å². The van der Waals surface area contributed by atoms with Crippen molar-refractivity contribution in [1.82, 2.24) is 15.0 Å². The SMILES string of the molecule is CCCCCn1nnc(CN)c1CC(C)C. The first-order valence-corrected chi connectivity index (χ1v) is 6.30. The molecule has 1 heterocycles. The molecule has 1 aromatic heterocycles. The lowest BCUT2D eigenvalue weighted by atomic mass is 10.1. The molecule has 0 aliphatic heterocycles. The first-order valence-electron chi connectivity index (χ1n) is 6.30. The van der Waals surface area contributed by atoms with E-state index in [1.54, 1.807) is 0 Å². The number of nitrogens with two attached hydrogens (primary N) is 1. The lowest BCUT2D eigenvalue weighted by Crippen LogP contribution is -2.10. The van der Waals surface area contributed by atoms with E-state index in [1.165, 1.54) is 25.0 Å². The van der Waals surface area contributed by atoms with E-state index in [0.29, 0.717) is 12.5 Å². The van der Waals surface area contributed by atoms with Gasteiger partial charge in [-0.1, -0.05) is 38.8 Å². The number of aryl methyl sites for hydroxylation is 1. The quantitative estimate of drug-likeness (QED) is 0.722. The van der Waals surface area contributed by atoms with E-state index >= 15 is 0 Å².